The van der Waals surface area contributed by atoms with Crippen molar-refractivity contribution in [3.63, 3.8) is 0 Å². The smallest absolute Gasteiger partial charge is 0.245 e. The molecule has 1 amide bonds. The number of hydrogen-bond donors (Lipinski definition) is 2. The quantitative estimate of drug-likeness (QED) is 0.898. The number of halogens is 2. The Labute approximate surface area is 128 Å². The van der Waals surface area contributed by atoms with Crippen LogP contribution in [0.15, 0.2) is 18.2 Å². The third kappa shape index (κ3) is 2.65. The van der Waals surface area contributed by atoms with Gasteiger partial charge in [-0.3, -0.25) is 4.79 Å². The van der Waals surface area contributed by atoms with Gasteiger partial charge in [0.15, 0.2) is 0 Å². The van der Waals surface area contributed by atoms with Gasteiger partial charge in [-0.2, -0.15) is 0 Å². The summed E-state index contributed by atoms with van der Waals surface area (Å²) in [7, 11) is 0. The van der Waals surface area contributed by atoms with E-state index in [1.165, 1.54) is 18.2 Å². The molecular weight excluding hydrogens is 295 g/mol. The number of carbonyl (C=O) groups excluding carboxylic acids is 1. The molecule has 0 aliphatic heterocycles. The summed E-state index contributed by atoms with van der Waals surface area (Å²) in [6, 6.07) is 4.02. The molecule has 3 N–H and O–H groups in total. The fraction of sp³-hybridized carbons (Fsp3) is 0.533. The van der Waals surface area contributed by atoms with Crippen LogP contribution in [-0.2, 0) is 9.53 Å². The zero-order chi connectivity index (χ0) is 15.8. The third-order valence-corrected chi connectivity index (χ3v) is 4.70. The molecule has 2 rings (SSSR count). The van der Waals surface area contributed by atoms with E-state index < -0.39 is 16.8 Å². The summed E-state index contributed by atoms with van der Waals surface area (Å²) in [5.41, 5.74) is 5.19. The van der Waals surface area contributed by atoms with Crippen molar-refractivity contribution in [2.24, 2.45) is 11.1 Å². The Morgan fingerprint density at radius 2 is 2.24 bits per heavy atom. The first-order valence-corrected chi connectivity index (χ1v) is 7.27. The number of ether oxygens (including phenoxy) is 1. The van der Waals surface area contributed by atoms with Gasteiger partial charge in [0, 0.05) is 24.1 Å². The largest absolute Gasteiger partial charge is 0.378 e. The van der Waals surface area contributed by atoms with E-state index in [0.29, 0.717) is 18.7 Å². The van der Waals surface area contributed by atoms with Gasteiger partial charge >= 0.3 is 0 Å². The van der Waals surface area contributed by atoms with E-state index in [0.717, 1.165) is 0 Å². The van der Waals surface area contributed by atoms with Gasteiger partial charge in [0.2, 0.25) is 5.91 Å². The summed E-state index contributed by atoms with van der Waals surface area (Å²) in [5, 5.41) is 2.66. The summed E-state index contributed by atoms with van der Waals surface area (Å²) in [6.45, 7) is 6.31. The van der Waals surface area contributed by atoms with E-state index in [9.17, 15) is 9.18 Å². The first kappa shape index (κ1) is 16.2. The minimum atomic E-state index is -1.02. The predicted octanol–water partition coefficient (Wildman–Crippen LogP) is 2.95. The molecule has 2 unspecified atom stereocenters. The predicted molar refractivity (Wildman–Crippen MR) is 80.8 cm³/mol. The number of rotatable bonds is 4. The highest BCUT2D eigenvalue weighted by Crippen LogP contribution is 2.50. The Morgan fingerprint density at radius 3 is 2.76 bits per heavy atom. The van der Waals surface area contributed by atoms with Gasteiger partial charge in [0.1, 0.15) is 11.4 Å². The minimum Gasteiger partial charge on any atom is -0.378 e. The van der Waals surface area contributed by atoms with Crippen molar-refractivity contribution in [1.82, 2.24) is 0 Å². The van der Waals surface area contributed by atoms with Gasteiger partial charge < -0.3 is 15.8 Å². The molecule has 0 aromatic heterocycles. The van der Waals surface area contributed by atoms with Crippen molar-refractivity contribution < 1.29 is 13.9 Å². The van der Waals surface area contributed by atoms with Crippen LogP contribution in [0.4, 0.5) is 10.1 Å². The van der Waals surface area contributed by atoms with Gasteiger partial charge in [0.25, 0.3) is 0 Å². The lowest BCUT2D eigenvalue weighted by Crippen LogP contribution is -2.74. The normalized spacial score (nSPS) is 27.0. The van der Waals surface area contributed by atoms with Crippen LogP contribution in [-0.4, -0.2) is 24.2 Å². The third-order valence-electron chi connectivity index (χ3n) is 4.41. The van der Waals surface area contributed by atoms with Crippen molar-refractivity contribution in [1.29, 1.82) is 0 Å². The number of benzene rings is 1. The highest BCUT2D eigenvalue weighted by atomic mass is 35.5. The molecule has 0 bridgehead atoms. The number of carbonyl (C=O) groups is 1. The molecular formula is C15H20ClFN2O2. The molecule has 21 heavy (non-hydrogen) atoms. The second-order valence-electron chi connectivity index (χ2n) is 5.92. The molecule has 1 saturated carbocycles. The number of nitrogens with one attached hydrogen (secondary N) is 1. The fourth-order valence-corrected chi connectivity index (χ4v) is 2.82. The van der Waals surface area contributed by atoms with Crippen LogP contribution in [0.3, 0.4) is 0 Å². The highest BCUT2D eigenvalue weighted by Gasteiger charge is 2.62. The molecule has 0 heterocycles. The van der Waals surface area contributed by atoms with E-state index in [2.05, 4.69) is 5.32 Å². The zero-order valence-electron chi connectivity index (χ0n) is 12.4. The zero-order valence-corrected chi connectivity index (χ0v) is 13.1. The van der Waals surface area contributed by atoms with Gasteiger partial charge in [-0.25, -0.2) is 4.39 Å². The molecule has 1 aromatic rings. The summed E-state index contributed by atoms with van der Waals surface area (Å²) in [4.78, 5) is 12.4. The first-order chi connectivity index (χ1) is 9.72. The number of amides is 1. The average molecular weight is 315 g/mol. The number of nitrogens with two attached hydrogens (primary N) is 1. The Balaban J connectivity index is 2.12. The Kier molecular flexibility index (Phi) is 4.29. The van der Waals surface area contributed by atoms with E-state index >= 15 is 0 Å². The molecule has 1 fully saturated rings. The van der Waals surface area contributed by atoms with Crippen molar-refractivity contribution in [2.45, 2.75) is 38.8 Å². The molecule has 1 aromatic carbocycles. The van der Waals surface area contributed by atoms with Crippen LogP contribution in [0.25, 0.3) is 0 Å². The van der Waals surface area contributed by atoms with Crippen molar-refractivity contribution in [3.05, 3.63) is 29.0 Å². The maximum atomic E-state index is 13.1. The van der Waals surface area contributed by atoms with Gasteiger partial charge in [-0.1, -0.05) is 25.4 Å². The molecule has 4 nitrogen and oxygen atoms in total. The van der Waals surface area contributed by atoms with Gasteiger partial charge in [0.05, 0.1) is 11.1 Å². The Bertz CT molecular complexity index is 565. The van der Waals surface area contributed by atoms with Crippen molar-refractivity contribution in [2.75, 3.05) is 11.9 Å². The molecule has 116 valence electrons. The molecule has 0 spiro atoms. The van der Waals surface area contributed by atoms with Crippen LogP contribution in [0.1, 0.15) is 27.2 Å². The van der Waals surface area contributed by atoms with Gasteiger partial charge in [-0.05, 0) is 25.1 Å². The van der Waals surface area contributed by atoms with E-state index in [1.807, 2.05) is 20.8 Å². The standard InChI is InChI=1S/C15H20ClFN2O2/c1-4-21-12-8-15(18,14(12,2)3)13(20)19-9-5-6-11(17)10(16)7-9/h5-7,12H,4,8,18H2,1-3H3,(H,19,20). The monoisotopic (exact) mass is 314 g/mol. The van der Waals surface area contributed by atoms with E-state index in [4.69, 9.17) is 22.1 Å². The lowest BCUT2D eigenvalue weighted by Gasteiger charge is -2.57. The Hall–Kier alpha value is -1.17. The Morgan fingerprint density at radius 1 is 1.57 bits per heavy atom. The van der Waals surface area contributed by atoms with Crippen LogP contribution < -0.4 is 11.1 Å². The van der Waals surface area contributed by atoms with Crippen LogP contribution in [0.5, 0.6) is 0 Å². The molecule has 2 atom stereocenters. The SMILES string of the molecule is CCOC1CC(N)(C(=O)Nc2ccc(F)c(Cl)c2)C1(C)C. The summed E-state index contributed by atoms with van der Waals surface area (Å²) in [5.74, 6) is -0.844. The van der Waals surface area contributed by atoms with E-state index in [-0.39, 0.29) is 17.0 Å². The summed E-state index contributed by atoms with van der Waals surface area (Å²) < 4.78 is 18.7. The van der Waals surface area contributed by atoms with Crippen LogP contribution in [0, 0.1) is 11.2 Å². The molecule has 1 aliphatic carbocycles. The first-order valence-electron chi connectivity index (χ1n) is 6.89. The molecule has 1 aliphatic rings. The maximum absolute atomic E-state index is 13.1. The lowest BCUT2D eigenvalue weighted by atomic mass is 9.54. The summed E-state index contributed by atoms with van der Waals surface area (Å²) in [6.07, 6.45) is 0.407. The van der Waals surface area contributed by atoms with Crippen molar-refractivity contribution >= 4 is 23.2 Å². The second kappa shape index (κ2) is 5.55. The second-order valence-corrected chi connectivity index (χ2v) is 6.33. The van der Waals surface area contributed by atoms with Crippen LogP contribution in [0.2, 0.25) is 5.02 Å². The van der Waals surface area contributed by atoms with Crippen molar-refractivity contribution in [3.8, 4) is 0 Å². The molecule has 6 heteroatoms. The average Bonchev–Trinajstić information content (AvgIpc) is 2.42. The minimum absolute atomic E-state index is 0.0427. The van der Waals surface area contributed by atoms with Crippen LogP contribution >= 0.6 is 11.6 Å². The molecule has 0 radical (unpaired) electrons. The highest BCUT2D eigenvalue weighted by molar-refractivity contribution is 6.31. The van der Waals surface area contributed by atoms with E-state index in [1.54, 1.807) is 0 Å². The number of hydrogen-bond acceptors (Lipinski definition) is 3. The van der Waals surface area contributed by atoms with Gasteiger partial charge in [-0.15, -0.1) is 0 Å². The lowest BCUT2D eigenvalue weighted by molar-refractivity contribution is -0.166. The topological polar surface area (TPSA) is 64.3 Å². The maximum Gasteiger partial charge on any atom is 0.245 e. The fourth-order valence-electron chi connectivity index (χ4n) is 2.64. The number of anilines is 1. The summed E-state index contributed by atoms with van der Waals surface area (Å²) >= 11 is 5.70. The molecule has 0 saturated heterocycles.